The monoisotopic (exact) mass is 229 g/mol. The fourth-order valence-electron chi connectivity index (χ4n) is 1.07. The summed E-state index contributed by atoms with van der Waals surface area (Å²) in [6.07, 6.45) is 1.53. The summed E-state index contributed by atoms with van der Waals surface area (Å²) in [7, 11) is 1.66. The molecule has 0 saturated carbocycles. The zero-order valence-electron chi connectivity index (χ0n) is 8.82. The van der Waals surface area contributed by atoms with Crippen molar-refractivity contribution in [2.45, 2.75) is 19.5 Å². The van der Waals surface area contributed by atoms with E-state index in [4.69, 9.17) is 21.5 Å². The van der Waals surface area contributed by atoms with Gasteiger partial charge in [-0.15, -0.1) is 0 Å². The third kappa shape index (κ3) is 4.75. The van der Waals surface area contributed by atoms with Gasteiger partial charge in [0.15, 0.2) is 5.11 Å². The average Bonchev–Trinajstić information content (AvgIpc) is 2.67. The molecule has 0 amide bonds. The molecule has 6 heteroatoms. The molecule has 0 radical (unpaired) electrons. The summed E-state index contributed by atoms with van der Waals surface area (Å²) < 4.78 is 9.67. The number of hydrogen-bond acceptors (Lipinski definition) is 4. The van der Waals surface area contributed by atoms with Gasteiger partial charge in [0, 0.05) is 19.2 Å². The molecule has 0 bridgehead atoms. The number of hydrogen-bond donors (Lipinski definition) is 2. The predicted molar refractivity (Wildman–Crippen MR) is 60.4 cm³/mol. The van der Waals surface area contributed by atoms with Crippen LogP contribution in [0.4, 0.5) is 0 Å². The topological polar surface area (TPSA) is 59.3 Å². The van der Waals surface area contributed by atoms with Gasteiger partial charge in [-0.25, -0.2) is 0 Å². The lowest BCUT2D eigenvalue weighted by Gasteiger charge is -2.15. The molecule has 2 N–H and O–H groups in total. The Kier molecular flexibility index (Phi) is 5.06. The molecule has 0 fully saturated rings. The lowest BCUT2D eigenvalue weighted by atomic mass is 10.4. The van der Waals surface area contributed by atoms with Crippen LogP contribution in [-0.2, 0) is 11.3 Å². The van der Waals surface area contributed by atoms with Gasteiger partial charge in [0.1, 0.15) is 12.0 Å². The predicted octanol–water partition coefficient (Wildman–Crippen LogP) is 0.674. The van der Waals surface area contributed by atoms with E-state index in [9.17, 15) is 0 Å². The van der Waals surface area contributed by atoms with E-state index in [0.29, 0.717) is 18.3 Å². The van der Waals surface area contributed by atoms with Gasteiger partial charge in [0.2, 0.25) is 0 Å². The van der Waals surface area contributed by atoms with Gasteiger partial charge in [-0.2, -0.15) is 0 Å². The molecular formula is C9H15N3O2S. The minimum absolute atomic E-state index is 0.187. The average molecular weight is 229 g/mol. The Bertz CT molecular complexity index is 290. The molecule has 1 aromatic rings. The van der Waals surface area contributed by atoms with Crippen molar-refractivity contribution >= 4 is 17.3 Å². The first-order valence-corrected chi connectivity index (χ1v) is 5.05. The Morgan fingerprint density at radius 2 is 2.53 bits per heavy atom. The van der Waals surface area contributed by atoms with E-state index in [1.54, 1.807) is 13.2 Å². The minimum atomic E-state index is 0.187. The van der Waals surface area contributed by atoms with Crippen LogP contribution in [-0.4, -0.2) is 30.0 Å². The normalized spacial score (nSPS) is 12.1. The third-order valence-electron chi connectivity index (χ3n) is 1.72. The quantitative estimate of drug-likeness (QED) is 0.724. The molecular weight excluding hydrogens is 214 g/mol. The Morgan fingerprint density at radius 1 is 1.73 bits per heavy atom. The summed E-state index contributed by atoms with van der Waals surface area (Å²) in [5.74, 6) is 0. The standard InChI is InChI=1S/C9H15N3O2S/c1-7(6-13-2)11-9(15)10-5-8-3-4-14-12-8/h3-4,7H,5-6H2,1-2H3,(H2,10,11,15). The van der Waals surface area contributed by atoms with Gasteiger partial charge in [-0.3, -0.25) is 0 Å². The molecule has 1 unspecified atom stereocenters. The molecule has 0 aliphatic heterocycles. The summed E-state index contributed by atoms with van der Waals surface area (Å²) in [6.45, 7) is 3.17. The van der Waals surface area contributed by atoms with Crippen molar-refractivity contribution in [2.75, 3.05) is 13.7 Å². The van der Waals surface area contributed by atoms with E-state index >= 15 is 0 Å². The second kappa shape index (κ2) is 6.36. The Labute approximate surface area is 94.2 Å². The van der Waals surface area contributed by atoms with Gasteiger partial charge in [0.25, 0.3) is 0 Å². The first kappa shape index (κ1) is 11.9. The fourth-order valence-corrected chi connectivity index (χ4v) is 1.34. The van der Waals surface area contributed by atoms with Crippen molar-refractivity contribution in [3.63, 3.8) is 0 Å². The fraction of sp³-hybridized carbons (Fsp3) is 0.556. The van der Waals surface area contributed by atoms with Gasteiger partial charge in [-0.05, 0) is 19.1 Å². The van der Waals surface area contributed by atoms with Crippen molar-refractivity contribution in [3.05, 3.63) is 18.0 Å². The van der Waals surface area contributed by atoms with Crippen molar-refractivity contribution in [2.24, 2.45) is 0 Å². The number of nitrogens with zero attached hydrogens (tertiary/aromatic N) is 1. The SMILES string of the molecule is COCC(C)NC(=S)NCc1ccon1. The third-order valence-corrected chi connectivity index (χ3v) is 1.98. The highest BCUT2D eigenvalue weighted by Crippen LogP contribution is 1.92. The first-order valence-electron chi connectivity index (χ1n) is 4.65. The smallest absolute Gasteiger partial charge is 0.166 e. The Balaban J connectivity index is 2.19. The molecule has 1 heterocycles. The van der Waals surface area contributed by atoms with E-state index in [1.807, 2.05) is 6.92 Å². The molecule has 0 saturated heterocycles. The van der Waals surface area contributed by atoms with E-state index in [0.717, 1.165) is 5.69 Å². The number of thiocarbonyl (C=S) groups is 1. The van der Waals surface area contributed by atoms with Gasteiger partial charge in [0.05, 0.1) is 13.2 Å². The molecule has 1 aromatic heterocycles. The summed E-state index contributed by atoms with van der Waals surface area (Å²) in [4.78, 5) is 0. The Hall–Kier alpha value is -1.14. The summed E-state index contributed by atoms with van der Waals surface area (Å²) >= 11 is 5.08. The van der Waals surface area contributed by atoms with Crippen LogP contribution in [0.25, 0.3) is 0 Å². The zero-order valence-corrected chi connectivity index (χ0v) is 9.63. The van der Waals surface area contributed by atoms with Gasteiger partial charge >= 0.3 is 0 Å². The maximum Gasteiger partial charge on any atom is 0.166 e. The van der Waals surface area contributed by atoms with Crippen molar-refractivity contribution in [1.82, 2.24) is 15.8 Å². The highest BCUT2D eigenvalue weighted by molar-refractivity contribution is 7.80. The van der Waals surface area contributed by atoms with Crippen LogP contribution >= 0.6 is 12.2 Å². The minimum Gasteiger partial charge on any atom is -0.383 e. The first-order chi connectivity index (χ1) is 7.22. The molecule has 0 spiro atoms. The van der Waals surface area contributed by atoms with E-state index in [1.165, 1.54) is 6.26 Å². The number of rotatable bonds is 5. The van der Waals surface area contributed by atoms with Crippen LogP contribution in [0, 0.1) is 0 Å². The van der Waals surface area contributed by atoms with Gasteiger partial charge in [-0.1, -0.05) is 5.16 Å². The van der Waals surface area contributed by atoms with Crippen molar-refractivity contribution < 1.29 is 9.26 Å². The maximum absolute atomic E-state index is 5.08. The van der Waals surface area contributed by atoms with Crippen molar-refractivity contribution in [3.8, 4) is 0 Å². The number of aromatic nitrogens is 1. The lowest BCUT2D eigenvalue weighted by molar-refractivity contribution is 0.179. The molecule has 5 nitrogen and oxygen atoms in total. The molecule has 1 rings (SSSR count). The summed E-state index contributed by atoms with van der Waals surface area (Å²) in [6, 6.07) is 1.97. The number of ether oxygens (including phenoxy) is 1. The molecule has 0 aromatic carbocycles. The molecule has 0 aliphatic rings. The summed E-state index contributed by atoms with van der Waals surface area (Å²) in [5.41, 5.74) is 0.818. The van der Waals surface area contributed by atoms with Gasteiger partial charge < -0.3 is 19.9 Å². The van der Waals surface area contributed by atoms with Crippen LogP contribution in [0.1, 0.15) is 12.6 Å². The second-order valence-electron chi connectivity index (χ2n) is 3.17. The molecule has 0 aliphatic carbocycles. The number of methoxy groups -OCH3 is 1. The van der Waals surface area contributed by atoms with E-state index in [2.05, 4.69) is 15.8 Å². The second-order valence-corrected chi connectivity index (χ2v) is 3.58. The van der Waals surface area contributed by atoms with E-state index < -0.39 is 0 Å². The zero-order chi connectivity index (χ0) is 11.1. The highest BCUT2D eigenvalue weighted by Gasteiger charge is 2.03. The van der Waals surface area contributed by atoms with E-state index in [-0.39, 0.29) is 6.04 Å². The maximum atomic E-state index is 5.08. The number of nitrogens with one attached hydrogen (secondary N) is 2. The van der Waals surface area contributed by atoms with Crippen LogP contribution in [0.3, 0.4) is 0 Å². The van der Waals surface area contributed by atoms with Crippen LogP contribution in [0.5, 0.6) is 0 Å². The highest BCUT2D eigenvalue weighted by atomic mass is 32.1. The molecule has 84 valence electrons. The molecule has 1 atom stereocenters. The largest absolute Gasteiger partial charge is 0.383 e. The summed E-state index contributed by atoms with van der Waals surface area (Å²) in [5, 5.41) is 10.4. The van der Waals surface area contributed by atoms with Crippen LogP contribution in [0.15, 0.2) is 16.9 Å². The van der Waals surface area contributed by atoms with Crippen LogP contribution in [0.2, 0.25) is 0 Å². The lowest BCUT2D eigenvalue weighted by Crippen LogP contribution is -2.42. The Morgan fingerprint density at radius 3 is 3.13 bits per heavy atom. The van der Waals surface area contributed by atoms with Crippen LogP contribution < -0.4 is 10.6 Å². The molecule has 15 heavy (non-hydrogen) atoms. The van der Waals surface area contributed by atoms with Crippen molar-refractivity contribution in [1.29, 1.82) is 0 Å².